The minimum atomic E-state index is -0.962. The number of carboxylic acid groups (broad SMARTS) is 1. The molecule has 0 spiro atoms. The largest absolute Gasteiger partial charge is 0.480 e. The van der Waals surface area contributed by atoms with Crippen LogP contribution in [0.25, 0.3) is 0 Å². The molecule has 1 saturated heterocycles. The van der Waals surface area contributed by atoms with Crippen LogP contribution in [0.3, 0.4) is 0 Å². The molecule has 1 atom stereocenters. The molecule has 6 nitrogen and oxygen atoms in total. The van der Waals surface area contributed by atoms with E-state index in [0.29, 0.717) is 19.4 Å². The van der Waals surface area contributed by atoms with E-state index in [9.17, 15) is 9.59 Å². The third-order valence-corrected chi connectivity index (χ3v) is 3.94. The van der Waals surface area contributed by atoms with Crippen molar-refractivity contribution in [2.24, 2.45) is 0 Å². The van der Waals surface area contributed by atoms with E-state index in [1.165, 1.54) is 4.90 Å². The summed E-state index contributed by atoms with van der Waals surface area (Å²) in [7, 11) is 0. The quantitative estimate of drug-likeness (QED) is 0.894. The molecule has 1 aliphatic rings. The van der Waals surface area contributed by atoms with Gasteiger partial charge >= 0.3 is 5.97 Å². The van der Waals surface area contributed by atoms with E-state index in [0.717, 1.165) is 18.5 Å². The molecule has 110 valence electrons. The highest BCUT2D eigenvalue weighted by Crippen LogP contribution is 2.25. The molecule has 0 radical (unpaired) electrons. The van der Waals surface area contributed by atoms with Gasteiger partial charge in [-0.3, -0.25) is 4.79 Å². The fraction of sp³-hybridized carbons (Fsp3) is 0.643. The first-order chi connectivity index (χ1) is 9.58. The number of aromatic nitrogens is 1. The van der Waals surface area contributed by atoms with E-state index in [-0.39, 0.29) is 17.6 Å². The number of nitrogens with zero attached hydrogens (tertiary/aromatic N) is 2. The first-order valence-electron chi connectivity index (χ1n) is 7.08. The molecule has 0 unspecified atom stereocenters. The minimum absolute atomic E-state index is 0.139. The van der Waals surface area contributed by atoms with Crippen LogP contribution in [0.1, 0.15) is 61.7 Å². The van der Waals surface area contributed by atoms with Crippen molar-refractivity contribution in [1.82, 2.24) is 10.1 Å². The summed E-state index contributed by atoms with van der Waals surface area (Å²) in [6.07, 6.45) is 3.06. The van der Waals surface area contributed by atoms with Crippen LogP contribution in [0.4, 0.5) is 0 Å². The second-order valence-corrected chi connectivity index (χ2v) is 5.12. The fourth-order valence-electron chi connectivity index (χ4n) is 2.70. The molecule has 1 aliphatic heterocycles. The zero-order valence-electron chi connectivity index (χ0n) is 11.8. The first-order valence-corrected chi connectivity index (χ1v) is 7.08. The number of carbonyl (C=O) groups excluding carboxylic acids is 1. The Morgan fingerprint density at radius 3 is 2.80 bits per heavy atom. The van der Waals surface area contributed by atoms with Crippen LogP contribution < -0.4 is 0 Å². The van der Waals surface area contributed by atoms with Crippen molar-refractivity contribution < 1.29 is 19.2 Å². The molecular weight excluding hydrogens is 260 g/mol. The van der Waals surface area contributed by atoms with Crippen LogP contribution >= 0.6 is 0 Å². The van der Waals surface area contributed by atoms with Gasteiger partial charge in [0, 0.05) is 18.5 Å². The SMILES string of the molecule is CCC(CC)c1cc(C(=O)N2CCC[C@@H]2C(=O)O)on1. The molecular formula is C14H20N2O4. The summed E-state index contributed by atoms with van der Waals surface area (Å²) in [6, 6.07) is 0.904. The number of amides is 1. The Kier molecular flexibility index (Phi) is 4.42. The van der Waals surface area contributed by atoms with Crippen LogP contribution in [0, 0.1) is 0 Å². The second-order valence-electron chi connectivity index (χ2n) is 5.12. The third kappa shape index (κ3) is 2.69. The van der Waals surface area contributed by atoms with Gasteiger partial charge in [0.05, 0.1) is 5.69 Å². The summed E-state index contributed by atoms with van der Waals surface area (Å²) in [4.78, 5) is 24.8. The molecule has 0 aliphatic carbocycles. The smallest absolute Gasteiger partial charge is 0.326 e. The number of carboxylic acids is 1. The molecule has 1 aromatic rings. The third-order valence-electron chi connectivity index (χ3n) is 3.94. The Morgan fingerprint density at radius 2 is 2.20 bits per heavy atom. The Labute approximate surface area is 117 Å². The van der Waals surface area contributed by atoms with Gasteiger partial charge in [-0.25, -0.2) is 4.79 Å². The zero-order chi connectivity index (χ0) is 14.7. The Hall–Kier alpha value is -1.85. The van der Waals surface area contributed by atoms with E-state index in [2.05, 4.69) is 19.0 Å². The summed E-state index contributed by atoms with van der Waals surface area (Å²) in [5.41, 5.74) is 0.768. The lowest BCUT2D eigenvalue weighted by molar-refractivity contribution is -0.141. The van der Waals surface area contributed by atoms with Gasteiger partial charge in [0.2, 0.25) is 5.76 Å². The summed E-state index contributed by atoms with van der Waals surface area (Å²) >= 11 is 0. The van der Waals surface area contributed by atoms with Crippen molar-refractivity contribution in [3.05, 3.63) is 17.5 Å². The zero-order valence-corrected chi connectivity index (χ0v) is 11.8. The van der Waals surface area contributed by atoms with Gasteiger partial charge in [0.25, 0.3) is 5.91 Å². The Bertz CT molecular complexity index is 493. The lowest BCUT2D eigenvalue weighted by Crippen LogP contribution is -2.40. The summed E-state index contributed by atoms with van der Waals surface area (Å²) < 4.78 is 5.12. The molecule has 20 heavy (non-hydrogen) atoms. The lowest BCUT2D eigenvalue weighted by Gasteiger charge is -2.19. The van der Waals surface area contributed by atoms with Gasteiger partial charge in [-0.1, -0.05) is 19.0 Å². The summed E-state index contributed by atoms with van der Waals surface area (Å²) in [6.45, 7) is 4.58. The standard InChI is InChI=1S/C14H20N2O4/c1-3-9(4-2)10-8-12(20-15-10)13(17)16-7-5-6-11(16)14(18)19/h8-9,11H,3-7H2,1-2H3,(H,18,19)/t11-/m1/s1. The van der Waals surface area contributed by atoms with Crippen LogP contribution in [0.5, 0.6) is 0 Å². The fourth-order valence-corrected chi connectivity index (χ4v) is 2.70. The van der Waals surface area contributed by atoms with E-state index < -0.39 is 12.0 Å². The maximum atomic E-state index is 12.3. The highest BCUT2D eigenvalue weighted by Gasteiger charge is 2.36. The van der Waals surface area contributed by atoms with E-state index in [4.69, 9.17) is 9.63 Å². The first kappa shape index (κ1) is 14.6. The number of likely N-dealkylation sites (tertiary alicyclic amines) is 1. The van der Waals surface area contributed by atoms with Crippen molar-refractivity contribution in [2.45, 2.75) is 51.5 Å². The van der Waals surface area contributed by atoms with Gasteiger partial charge in [0.15, 0.2) is 0 Å². The van der Waals surface area contributed by atoms with E-state index in [1.54, 1.807) is 6.07 Å². The van der Waals surface area contributed by atoms with Crippen molar-refractivity contribution in [1.29, 1.82) is 0 Å². The predicted octanol–water partition coefficient (Wildman–Crippen LogP) is 2.27. The van der Waals surface area contributed by atoms with Gasteiger partial charge in [-0.2, -0.15) is 0 Å². The number of aliphatic carboxylic acids is 1. The van der Waals surface area contributed by atoms with Crippen molar-refractivity contribution in [2.75, 3.05) is 6.54 Å². The van der Waals surface area contributed by atoms with Crippen LogP contribution in [0.15, 0.2) is 10.6 Å². The average molecular weight is 280 g/mol. The monoisotopic (exact) mass is 280 g/mol. The van der Waals surface area contributed by atoms with Gasteiger partial charge in [0.1, 0.15) is 6.04 Å². The van der Waals surface area contributed by atoms with E-state index >= 15 is 0 Å². The van der Waals surface area contributed by atoms with Crippen LogP contribution in [0.2, 0.25) is 0 Å². The molecule has 0 saturated carbocycles. The summed E-state index contributed by atoms with van der Waals surface area (Å²) in [5.74, 6) is -0.926. The van der Waals surface area contributed by atoms with Crippen molar-refractivity contribution in [3.63, 3.8) is 0 Å². The maximum Gasteiger partial charge on any atom is 0.326 e. The molecule has 0 aromatic carbocycles. The molecule has 1 N–H and O–H groups in total. The lowest BCUT2D eigenvalue weighted by atomic mass is 9.99. The number of hydrogen-bond donors (Lipinski definition) is 1. The van der Waals surface area contributed by atoms with Gasteiger partial charge in [-0.05, 0) is 25.7 Å². The molecule has 2 rings (SSSR count). The van der Waals surface area contributed by atoms with Gasteiger partial charge < -0.3 is 14.5 Å². The summed E-state index contributed by atoms with van der Waals surface area (Å²) in [5, 5.41) is 13.1. The van der Waals surface area contributed by atoms with Crippen LogP contribution in [-0.4, -0.2) is 39.6 Å². The molecule has 1 aromatic heterocycles. The molecule has 6 heteroatoms. The number of rotatable bonds is 5. The Balaban J connectivity index is 2.15. The maximum absolute atomic E-state index is 12.3. The molecule has 0 bridgehead atoms. The Morgan fingerprint density at radius 1 is 1.50 bits per heavy atom. The number of hydrogen-bond acceptors (Lipinski definition) is 4. The highest BCUT2D eigenvalue weighted by atomic mass is 16.5. The molecule has 1 amide bonds. The average Bonchev–Trinajstić information content (AvgIpc) is 3.08. The topological polar surface area (TPSA) is 83.6 Å². The highest BCUT2D eigenvalue weighted by molar-refractivity contribution is 5.94. The second kappa shape index (κ2) is 6.07. The van der Waals surface area contributed by atoms with Crippen LogP contribution in [-0.2, 0) is 4.79 Å². The number of carbonyl (C=O) groups is 2. The minimum Gasteiger partial charge on any atom is -0.480 e. The van der Waals surface area contributed by atoms with E-state index in [1.807, 2.05) is 0 Å². The normalized spacial score (nSPS) is 18.8. The van der Waals surface area contributed by atoms with Crippen molar-refractivity contribution in [3.8, 4) is 0 Å². The van der Waals surface area contributed by atoms with Crippen molar-refractivity contribution >= 4 is 11.9 Å². The predicted molar refractivity (Wildman–Crippen MR) is 71.5 cm³/mol. The molecule has 1 fully saturated rings. The molecule has 2 heterocycles. The van der Waals surface area contributed by atoms with Gasteiger partial charge in [-0.15, -0.1) is 0 Å².